The predicted molar refractivity (Wildman–Crippen MR) is 94.1 cm³/mol. The Morgan fingerprint density at radius 2 is 2.00 bits per heavy atom. The molecule has 1 aliphatic heterocycles. The molecule has 0 aromatic carbocycles. The van der Waals surface area contributed by atoms with Crippen LogP contribution in [0.4, 0.5) is 0 Å². The lowest BCUT2D eigenvalue weighted by Gasteiger charge is -2.34. The summed E-state index contributed by atoms with van der Waals surface area (Å²) in [7, 11) is 0. The van der Waals surface area contributed by atoms with Crippen molar-refractivity contribution in [1.29, 1.82) is 0 Å². The lowest BCUT2D eigenvalue weighted by Crippen LogP contribution is -2.48. The Morgan fingerprint density at radius 1 is 1.29 bits per heavy atom. The standard InChI is InChI=1S/C19H29N3O2/c1-18(2,3)13-19(4,5)21-17(24)14-10-16(23)22(11-14)12-15-8-6-7-9-20-15/h6-9,14H,10-13H2,1-5H3,(H,21,24)/t14-/m0/s1. The fourth-order valence-corrected chi connectivity index (χ4v) is 3.59. The molecule has 1 aromatic heterocycles. The average Bonchev–Trinajstić information content (AvgIpc) is 2.78. The van der Waals surface area contributed by atoms with Gasteiger partial charge < -0.3 is 10.2 Å². The molecule has 0 spiro atoms. The Labute approximate surface area is 144 Å². The second-order valence-electron chi connectivity index (χ2n) is 8.61. The minimum Gasteiger partial charge on any atom is -0.351 e. The van der Waals surface area contributed by atoms with Crippen LogP contribution in [0.25, 0.3) is 0 Å². The molecule has 2 amide bonds. The van der Waals surface area contributed by atoms with Crippen molar-refractivity contribution in [2.24, 2.45) is 11.3 Å². The highest BCUT2D eigenvalue weighted by Crippen LogP contribution is 2.28. The molecule has 1 N–H and O–H groups in total. The predicted octanol–water partition coefficient (Wildman–Crippen LogP) is 2.76. The zero-order valence-electron chi connectivity index (χ0n) is 15.4. The SMILES string of the molecule is CC(C)(C)CC(C)(C)NC(=O)[C@H]1CC(=O)N(Cc2ccccn2)C1. The van der Waals surface area contributed by atoms with Crippen LogP contribution in [0.15, 0.2) is 24.4 Å². The van der Waals surface area contributed by atoms with Gasteiger partial charge in [0.1, 0.15) is 0 Å². The maximum Gasteiger partial charge on any atom is 0.225 e. The largest absolute Gasteiger partial charge is 0.351 e. The number of nitrogens with one attached hydrogen (secondary N) is 1. The smallest absolute Gasteiger partial charge is 0.225 e. The first-order valence-corrected chi connectivity index (χ1v) is 8.55. The molecule has 1 saturated heterocycles. The van der Waals surface area contributed by atoms with E-state index in [1.54, 1.807) is 11.1 Å². The Balaban J connectivity index is 1.94. The second kappa shape index (κ2) is 6.91. The third-order valence-electron chi connectivity index (χ3n) is 4.10. The highest BCUT2D eigenvalue weighted by molar-refractivity contribution is 5.89. The lowest BCUT2D eigenvalue weighted by atomic mass is 9.81. The van der Waals surface area contributed by atoms with Crippen LogP contribution in [0, 0.1) is 11.3 Å². The van der Waals surface area contributed by atoms with Crippen molar-refractivity contribution in [3.63, 3.8) is 0 Å². The fourth-order valence-electron chi connectivity index (χ4n) is 3.59. The number of likely N-dealkylation sites (tertiary alicyclic amines) is 1. The summed E-state index contributed by atoms with van der Waals surface area (Å²) >= 11 is 0. The maximum absolute atomic E-state index is 12.6. The van der Waals surface area contributed by atoms with Crippen LogP contribution < -0.4 is 5.32 Å². The molecule has 1 aliphatic rings. The molecule has 0 aliphatic carbocycles. The lowest BCUT2D eigenvalue weighted by molar-refractivity contribution is -0.129. The number of hydrogen-bond acceptors (Lipinski definition) is 3. The minimum absolute atomic E-state index is 0.0226. The molecule has 0 bridgehead atoms. The number of aromatic nitrogens is 1. The van der Waals surface area contributed by atoms with E-state index < -0.39 is 0 Å². The number of nitrogens with zero attached hydrogens (tertiary/aromatic N) is 2. The van der Waals surface area contributed by atoms with E-state index in [0.717, 1.165) is 12.1 Å². The summed E-state index contributed by atoms with van der Waals surface area (Å²) in [5, 5.41) is 3.13. The Kier molecular flexibility index (Phi) is 5.31. The Hall–Kier alpha value is -1.91. The van der Waals surface area contributed by atoms with Gasteiger partial charge in [-0.15, -0.1) is 0 Å². The third-order valence-corrected chi connectivity index (χ3v) is 4.10. The first kappa shape index (κ1) is 18.4. The highest BCUT2D eigenvalue weighted by Gasteiger charge is 2.37. The Bertz CT molecular complexity index is 590. The molecule has 0 unspecified atom stereocenters. The summed E-state index contributed by atoms with van der Waals surface area (Å²) in [6.45, 7) is 11.5. The normalized spacial score (nSPS) is 18.8. The van der Waals surface area contributed by atoms with Crippen LogP contribution in [0.2, 0.25) is 0 Å². The van der Waals surface area contributed by atoms with Crippen molar-refractivity contribution in [3.8, 4) is 0 Å². The van der Waals surface area contributed by atoms with Crippen molar-refractivity contribution < 1.29 is 9.59 Å². The van der Waals surface area contributed by atoms with Gasteiger partial charge in [0.15, 0.2) is 0 Å². The van der Waals surface area contributed by atoms with Gasteiger partial charge in [-0.25, -0.2) is 0 Å². The van der Waals surface area contributed by atoms with Gasteiger partial charge in [-0.05, 0) is 37.8 Å². The summed E-state index contributed by atoms with van der Waals surface area (Å²) in [5.41, 5.74) is 0.694. The van der Waals surface area contributed by atoms with E-state index in [2.05, 4.69) is 31.1 Å². The van der Waals surface area contributed by atoms with Gasteiger partial charge in [0.05, 0.1) is 18.2 Å². The summed E-state index contributed by atoms with van der Waals surface area (Å²) < 4.78 is 0. The monoisotopic (exact) mass is 331 g/mol. The first-order chi connectivity index (χ1) is 11.1. The second-order valence-corrected chi connectivity index (χ2v) is 8.61. The molecular weight excluding hydrogens is 302 g/mol. The van der Waals surface area contributed by atoms with E-state index >= 15 is 0 Å². The molecule has 24 heavy (non-hydrogen) atoms. The molecule has 2 rings (SSSR count). The van der Waals surface area contributed by atoms with Gasteiger partial charge in [-0.3, -0.25) is 14.6 Å². The molecular formula is C19H29N3O2. The average molecular weight is 331 g/mol. The summed E-state index contributed by atoms with van der Waals surface area (Å²) in [5.74, 6) is -0.281. The third kappa shape index (κ3) is 5.32. The van der Waals surface area contributed by atoms with Crippen LogP contribution >= 0.6 is 0 Å². The van der Waals surface area contributed by atoms with Gasteiger partial charge in [0, 0.05) is 24.7 Å². The molecule has 1 aromatic rings. The topological polar surface area (TPSA) is 62.3 Å². The highest BCUT2D eigenvalue weighted by atomic mass is 16.2. The number of carbonyl (C=O) groups excluding carboxylic acids is 2. The van der Waals surface area contributed by atoms with Crippen LogP contribution in [0.1, 0.15) is 53.2 Å². The minimum atomic E-state index is -0.285. The van der Waals surface area contributed by atoms with E-state index in [4.69, 9.17) is 0 Å². The number of amides is 2. The van der Waals surface area contributed by atoms with E-state index in [1.807, 2.05) is 32.0 Å². The molecule has 1 atom stereocenters. The van der Waals surface area contributed by atoms with Crippen LogP contribution in [-0.4, -0.2) is 33.8 Å². The van der Waals surface area contributed by atoms with Crippen molar-refractivity contribution in [2.75, 3.05) is 6.54 Å². The van der Waals surface area contributed by atoms with Crippen molar-refractivity contribution in [2.45, 2.75) is 59.5 Å². The number of hydrogen-bond donors (Lipinski definition) is 1. The van der Waals surface area contributed by atoms with Gasteiger partial charge in [0.2, 0.25) is 11.8 Å². The zero-order chi connectivity index (χ0) is 18.0. The number of carbonyl (C=O) groups is 2. The Morgan fingerprint density at radius 3 is 2.58 bits per heavy atom. The first-order valence-electron chi connectivity index (χ1n) is 8.55. The zero-order valence-corrected chi connectivity index (χ0v) is 15.4. The van der Waals surface area contributed by atoms with Crippen molar-refractivity contribution >= 4 is 11.8 Å². The molecule has 132 valence electrons. The molecule has 1 fully saturated rings. The van der Waals surface area contributed by atoms with E-state index in [0.29, 0.717) is 13.1 Å². The summed E-state index contributed by atoms with van der Waals surface area (Å²) in [6.07, 6.45) is 2.88. The van der Waals surface area contributed by atoms with Crippen LogP contribution in [0.5, 0.6) is 0 Å². The summed E-state index contributed by atoms with van der Waals surface area (Å²) in [4.78, 5) is 30.8. The van der Waals surface area contributed by atoms with Gasteiger partial charge in [-0.2, -0.15) is 0 Å². The molecule has 2 heterocycles. The van der Waals surface area contributed by atoms with E-state index in [1.165, 1.54) is 0 Å². The van der Waals surface area contributed by atoms with Gasteiger partial charge >= 0.3 is 0 Å². The van der Waals surface area contributed by atoms with Crippen molar-refractivity contribution in [1.82, 2.24) is 15.2 Å². The summed E-state index contributed by atoms with van der Waals surface area (Å²) in [6, 6.07) is 5.65. The fraction of sp³-hybridized carbons (Fsp3) is 0.632. The molecule has 0 saturated carbocycles. The van der Waals surface area contributed by atoms with Gasteiger partial charge in [0.25, 0.3) is 0 Å². The number of pyridine rings is 1. The van der Waals surface area contributed by atoms with Crippen molar-refractivity contribution in [3.05, 3.63) is 30.1 Å². The van der Waals surface area contributed by atoms with E-state index in [9.17, 15) is 9.59 Å². The molecule has 5 nitrogen and oxygen atoms in total. The number of rotatable bonds is 5. The maximum atomic E-state index is 12.6. The quantitative estimate of drug-likeness (QED) is 0.902. The van der Waals surface area contributed by atoms with Gasteiger partial charge in [-0.1, -0.05) is 26.8 Å². The van der Waals surface area contributed by atoms with Crippen LogP contribution in [-0.2, 0) is 16.1 Å². The van der Waals surface area contributed by atoms with Crippen LogP contribution in [0.3, 0.4) is 0 Å². The molecule has 0 radical (unpaired) electrons. The van der Waals surface area contributed by atoms with E-state index in [-0.39, 0.29) is 35.1 Å². The molecule has 5 heteroatoms.